The van der Waals surface area contributed by atoms with Crippen molar-refractivity contribution in [2.24, 2.45) is 7.05 Å². The van der Waals surface area contributed by atoms with Crippen LogP contribution in [0.2, 0.25) is 5.02 Å². The summed E-state index contributed by atoms with van der Waals surface area (Å²) in [6.45, 7) is 0. The summed E-state index contributed by atoms with van der Waals surface area (Å²) in [4.78, 5) is 0. The Kier molecular flexibility index (Phi) is 3.64. The summed E-state index contributed by atoms with van der Waals surface area (Å²) >= 11 is 6.11. The monoisotopic (exact) mass is 250 g/mol. The van der Waals surface area contributed by atoms with E-state index in [1.54, 1.807) is 0 Å². The van der Waals surface area contributed by atoms with E-state index < -0.39 is 0 Å². The summed E-state index contributed by atoms with van der Waals surface area (Å²) in [6.07, 6.45) is 1.70. The van der Waals surface area contributed by atoms with Gasteiger partial charge in [-0.3, -0.25) is 0 Å². The van der Waals surface area contributed by atoms with Crippen LogP contribution in [0.25, 0.3) is 0 Å². The van der Waals surface area contributed by atoms with E-state index in [1.165, 1.54) is 0 Å². The summed E-state index contributed by atoms with van der Waals surface area (Å²) in [5.74, 6) is 1.73. The van der Waals surface area contributed by atoms with Gasteiger partial charge in [0.25, 0.3) is 0 Å². The first-order valence-electron chi connectivity index (χ1n) is 5.52. The highest BCUT2D eigenvalue weighted by Gasteiger charge is 2.07. The van der Waals surface area contributed by atoms with Gasteiger partial charge in [0.05, 0.1) is 0 Å². The first-order valence-corrected chi connectivity index (χ1v) is 5.89. The average Bonchev–Trinajstić information content (AvgIpc) is 2.69. The number of halogens is 1. The van der Waals surface area contributed by atoms with Gasteiger partial charge in [0.15, 0.2) is 0 Å². The number of anilines is 1. The highest BCUT2D eigenvalue weighted by molar-refractivity contribution is 6.31. The minimum atomic E-state index is 0.777. The molecule has 2 rings (SSSR count). The van der Waals surface area contributed by atoms with Crippen molar-refractivity contribution in [2.75, 3.05) is 12.4 Å². The van der Waals surface area contributed by atoms with E-state index in [1.807, 2.05) is 42.9 Å². The lowest BCUT2D eigenvalue weighted by molar-refractivity contribution is 0.773. The molecule has 0 aliphatic carbocycles. The predicted molar refractivity (Wildman–Crippen MR) is 69.4 cm³/mol. The fraction of sp³-hybridized carbons (Fsp3) is 0.333. The van der Waals surface area contributed by atoms with Crippen LogP contribution in [0.3, 0.4) is 0 Å². The van der Waals surface area contributed by atoms with E-state index in [2.05, 4.69) is 15.5 Å². The molecule has 1 aromatic heterocycles. The van der Waals surface area contributed by atoms with Crippen LogP contribution in [0.4, 0.5) is 5.95 Å². The molecule has 2 aromatic rings. The van der Waals surface area contributed by atoms with Crippen molar-refractivity contribution < 1.29 is 0 Å². The molecule has 0 unspecified atom stereocenters. The Hall–Kier alpha value is -1.55. The maximum Gasteiger partial charge on any atom is 0.224 e. The third-order valence-electron chi connectivity index (χ3n) is 2.76. The SMILES string of the molecule is CNc1nnc(CCc2ccccc2Cl)n1C. The van der Waals surface area contributed by atoms with Crippen LogP contribution in [-0.4, -0.2) is 21.8 Å². The summed E-state index contributed by atoms with van der Waals surface area (Å²) in [5, 5.41) is 12.0. The number of benzene rings is 1. The maximum atomic E-state index is 6.11. The lowest BCUT2D eigenvalue weighted by Gasteiger charge is -2.04. The zero-order valence-corrected chi connectivity index (χ0v) is 10.7. The van der Waals surface area contributed by atoms with Gasteiger partial charge in [-0.2, -0.15) is 0 Å². The van der Waals surface area contributed by atoms with Crippen LogP contribution in [-0.2, 0) is 19.9 Å². The highest BCUT2D eigenvalue weighted by Crippen LogP contribution is 2.17. The third-order valence-corrected chi connectivity index (χ3v) is 3.13. The molecule has 0 radical (unpaired) electrons. The van der Waals surface area contributed by atoms with Crippen LogP contribution in [0, 0.1) is 0 Å². The van der Waals surface area contributed by atoms with Crippen LogP contribution < -0.4 is 5.32 Å². The van der Waals surface area contributed by atoms with Crippen molar-refractivity contribution in [3.63, 3.8) is 0 Å². The lowest BCUT2D eigenvalue weighted by atomic mass is 10.1. The van der Waals surface area contributed by atoms with Gasteiger partial charge < -0.3 is 9.88 Å². The van der Waals surface area contributed by atoms with Gasteiger partial charge in [0.2, 0.25) is 5.95 Å². The van der Waals surface area contributed by atoms with Crippen LogP contribution in [0.5, 0.6) is 0 Å². The lowest BCUT2D eigenvalue weighted by Crippen LogP contribution is -2.04. The molecule has 0 bridgehead atoms. The normalized spacial score (nSPS) is 10.5. The van der Waals surface area contributed by atoms with Crippen molar-refractivity contribution in [2.45, 2.75) is 12.8 Å². The Labute approximate surface area is 106 Å². The van der Waals surface area contributed by atoms with Crippen molar-refractivity contribution in [3.8, 4) is 0 Å². The van der Waals surface area contributed by atoms with Crippen molar-refractivity contribution >= 4 is 17.5 Å². The Balaban J connectivity index is 2.07. The Morgan fingerprint density at radius 1 is 1.24 bits per heavy atom. The molecule has 4 nitrogen and oxygen atoms in total. The summed E-state index contributed by atoms with van der Waals surface area (Å²) in [5.41, 5.74) is 1.14. The molecular weight excluding hydrogens is 236 g/mol. The van der Waals surface area contributed by atoms with E-state index in [0.29, 0.717) is 0 Å². The van der Waals surface area contributed by atoms with Crippen LogP contribution in [0.1, 0.15) is 11.4 Å². The topological polar surface area (TPSA) is 42.7 Å². The third kappa shape index (κ3) is 2.58. The molecule has 1 heterocycles. The van der Waals surface area contributed by atoms with Gasteiger partial charge in [-0.25, -0.2) is 0 Å². The summed E-state index contributed by atoms with van der Waals surface area (Å²) in [7, 11) is 3.79. The van der Waals surface area contributed by atoms with Crippen LogP contribution >= 0.6 is 11.6 Å². The molecule has 0 fully saturated rings. The van der Waals surface area contributed by atoms with Gasteiger partial charge >= 0.3 is 0 Å². The smallest absolute Gasteiger partial charge is 0.224 e. The summed E-state index contributed by atoms with van der Waals surface area (Å²) < 4.78 is 1.96. The number of hydrogen-bond acceptors (Lipinski definition) is 3. The molecule has 0 aliphatic heterocycles. The van der Waals surface area contributed by atoms with Crippen LogP contribution in [0.15, 0.2) is 24.3 Å². The predicted octanol–water partition coefficient (Wildman–Crippen LogP) is 2.30. The molecule has 17 heavy (non-hydrogen) atoms. The Morgan fingerprint density at radius 3 is 2.65 bits per heavy atom. The van der Waals surface area contributed by atoms with Crippen molar-refractivity contribution in [1.29, 1.82) is 0 Å². The summed E-state index contributed by atoms with van der Waals surface area (Å²) in [6, 6.07) is 7.88. The van der Waals surface area contributed by atoms with Gasteiger partial charge in [-0.1, -0.05) is 29.8 Å². The van der Waals surface area contributed by atoms with Gasteiger partial charge in [0.1, 0.15) is 5.82 Å². The second-order valence-corrected chi connectivity index (χ2v) is 4.25. The standard InChI is InChI=1S/C12H15ClN4/c1-14-12-16-15-11(17(12)2)8-7-9-5-3-4-6-10(9)13/h3-6H,7-8H2,1-2H3,(H,14,16). The molecule has 0 spiro atoms. The molecule has 0 atom stereocenters. The molecule has 1 N–H and O–H groups in total. The number of nitrogens with zero attached hydrogens (tertiary/aromatic N) is 3. The molecule has 0 amide bonds. The zero-order valence-electron chi connectivity index (χ0n) is 9.94. The first-order chi connectivity index (χ1) is 8.22. The number of aryl methyl sites for hydroxylation is 2. The number of nitrogens with one attached hydrogen (secondary N) is 1. The Morgan fingerprint density at radius 2 is 2.00 bits per heavy atom. The minimum absolute atomic E-state index is 0.777. The molecule has 5 heteroatoms. The van der Waals surface area contributed by atoms with Gasteiger partial charge in [0, 0.05) is 25.5 Å². The largest absolute Gasteiger partial charge is 0.357 e. The van der Waals surface area contributed by atoms with Gasteiger partial charge in [-0.05, 0) is 18.1 Å². The molecule has 0 saturated carbocycles. The van der Waals surface area contributed by atoms with Gasteiger partial charge in [-0.15, -0.1) is 10.2 Å². The van der Waals surface area contributed by atoms with E-state index in [0.717, 1.165) is 35.2 Å². The number of hydrogen-bond donors (Lipinski definition) is 1. The minimum Gasteiger partial charge on any atom is -0.357 e. The fourth-order valence-electron chi connectivity index (χ4n) is 1.74. The second-order valence-electron chi connectivity index (χ2n) is 3.84. The highest BCUT2D eigenvalue weighted by atomic mass is 35.5. The number of aromatic nitrogens is 3. The van der Waals surface area contributed by atoms with E-state index in [9.17, 15) is 0 Å². The number of rotatable bonds is 4. The van der Waals surface area contributed by atoms with Crippen molar-refractivity contribution in [3.05, 3.63) is 40.7 Å². The zero-order chi connectivity index (χ0) is 12.3. The fourth-order valence-corrected chi connectivity index (χ4v) is 1.97. The van der Waals surface area contributed by atoms with Crippen molar-refractivity contribution in [1.82, 2.24) is 14.8 Å². The maximum absolute atomic E-state index is 6.11. The van der Waals surface area contributed by atoms with E-state index in [-0.39, 0.29) is 0 Å². The molecular formula is C12H15ClN4. The first kappa shape index (κ1) is 11.9. The molecule has 0 aliphatic rings. The molecule has 0 saturated heterocycles. The van der Waals surface area contributed by atoms with E-state index in [4.69, 9.17) is 11.6 Å². The average molecular weight is 251 g/mol. The second kappa shape index (κ2) is 5.19. The molecule has 90 valence electrons. The Bertz CT molecular complexity index is 507. The quantitative estimate of drug-likeness (QED) is 0.906. The van der Waals surface area contributed by atoms with E-state index >= 15 is 0 Å². The molecule has 1 aromatic carbocycles.